The molecule has 8 aromatic rings. The van der Waals surface area contributed by atoms with Gasteiger partial charge in [-0.2, -0.15) is 0 Å². The molecule has 1 aromatic heterocycles. The van der Waals surface area contributed by atoms with E-state index in [-0.39, 0.29) is 21.7 Å². The molecule has 0 spiro atoms. The van der Waals surface area contributed by atoms with Crippen LogP contribution in [0.4, 0.5) is 17.1 Å². The van der Waals surface area contributed by atoms with Crippen molar-refractivity contribution in [3.63, 3.8) is 0 Å². The van der Waals surface area contributed by atoms with Crippen molar-refractivity contribution in [2.45, 2.75) is 97.3 Å². The Balaban J connectivity index is 1.30. The average molecular weight is 814 g/mol. The van der Waals surface area contributed by atoms with Crippen molar-refractivity contribution >= 4 is 54.6 Å². The fourth-order valence-electron chi connectivity index (χ4n) is 9.42. The fourth-order valence-corrected chi connectivity index (χ4v) is 10.6. The Morgan fingerprint density at radius 2 is 1.02 bits per heavy atom. The molecule has 7 aromatic carbocycles. The third kappa shape index (κ3) is 7.33. The summed E-state index contributed by atoms with van der Waals surface area (Å²) in [5, 5.41) is 2.62. The van der Waals surface area contributed by atoms with E-state index in [2.05, 4.69) is 238 Å². The molecule has 0 amide bonds. The molecule has 0 saturated carbocycles. The van der Waals surface area contributed by atoms with Gasteiger partial charge in [0.2, 0.25) is 0 Å². The molecule has 0 saturated heterocycles. The highest BCUT2D eigenvalue weighted by Gasteiger charge is 2.37. The Hall–Kier alpha value is -5.70. The Bertz CT molecular complexity index is 2920. The normalized spacial score (nSPS) is 15.6. The topological polar surface area (TPSA) is 3.24 Å². The van der Waals surface area contributed by atoms with Crippen LogP contribution in [-0.2, 0) is 21.7 Å². The molecule has 1 aliphatic carbocycles. The summed E-state index contributed by atoms with van der Waals surface area (Å²) in [5.74, 6) is 0. The number of fused-ring (bicyclic) bond motifs is 4. The van der Waals surface area contributed by atoms with E-state index in [0.717, 1.165) is 23.5 Å². The van der Waals surface area contributed by atoms with E-state index in [9.17, 15) is 0 Å². The van der Waals surface area contributed by atoms with Gasteiger partial charge < -0.3 is 4.90 Å². The summed E-state index contributed by atoms with van der Waals surface area (Å²) in [7, 11) is 0. The molecule has 61 heavy (non-hydrogen) atoms. The molecule has 1 heterocycles. The molecule has 0 aliphatic heterocycles. The van der Waals surface area contributed by atoms with E-state index < -0.39 is 0 Å². The largest absolute Gasteiger partial charge is 0.309 e. The van der Waals surface area contributed by atoms with Crippen molar-refractivity contribution in [2.24, 2.45) is 0 Å². The summed E-state index contributed by atoms with van der Waals surface area (Å²) in [5.41, 5.74) is 16.4. The van der Waals surface area contributed by atoms with Crippen molar-refractivity contribution in [1.82, 2.24) is 0 Å². The average Bonchev–Trinajstić information content (AvgIpc) is 3.62. The van der Waals surface area contributed by atoms with Crippen LogP contribution in [0.1, 0.15) is 109 Å². The van der Waals surface area contributed by atoms with Gasteiger partial charge in [-0.25, -0.2) is 0 Å². The number of nitrogens with zero attached hydrogens (tertiary/aromatic N) is 1. The molecule has 2 heteroatoms. The maximum Gasteiger partial charge on any atom is 0.0540 e. The first kappa shape index (κ1) is 40.7. The number of allylic oxidation sites excluding steroid dienone is 1. The van der Waals surface area contributed by atoms with Crippen molar-refractivity contribution in [3.8, 4) is 22.3 Å². The third-order valence-electron chi connectivity index (χ3n) is 13.0. The van der Waals surface area contributed by atoms with Gasteiger partial charge in [-0.1, -0.05) is 203 Å². The van der Waals surface area contributed by atoms with E-state index in [0.29, 0.717) is 0 Å². The second-order valence-corrected chi connectivity index (χ2v) is 21.5. The first-order valence-electron chi connectivity index (χ1n) is 22.0. The molecule has 0 bridgehead atoms. The minimum atomic E-state index is -0.261. The summed E-state index contributed by atoms with van der Waals surface area (Å²) in [6, 6.07) is 57.5. The van der Waals surface area contributed by atoms with Gasteiger partial charge in [-0.05, 0) is 91.9 Å². The lowest BCUT2D eigenvalue weighted by atomic mass is 9.65. The van der Waals surface area contributed by atoms with Crippen LogP contribution < -0.4 is 4.90 Å². The van der Waals surface area contributed by atoms with Crippen molar-refractivity contribution in [2.75, 3.05) is 4.90 Å². The van der Waals surface area contributed by atoms with Crippen molar-refractivity contribution in [3.05, 3.63) is 191 Å². The van der Waals surface area contributed by atoms with Crippen LogP contribution in [0.15, 0.2) is 158 Å². The molecule has 1 atom stereocenters. The zero-order valence-corrected chi connectivity index (χ0v) is 38.5. The molecule has 0 N–H and O–H groups in total. The second-order valence-electron chi connectivity index (χ2n) is 20.5. The lowest BCUT2D eigenvalue weighted by molar-refractivity contribution is 0.544. The molecular formula is C59H59NS. The Kier molecular flexibility index (Phi) is 10.0. The summed E-state index contributed by atoms with van der Waals surface area (Å²) >= 11 is 1.89. The quantitative estimate of drug-likeness (QED) is 0.162. The first-order chi connectivity index (χ1) is 29.0. The summed E-state index contributed by atoms with van der Waals surface area (Å²) in [6.07, 6.45) is 5.67. The van der Waals surface area contributed by atoms with Gasteiger partial charge in [-0.15, -0.1) is 11.3 Å². The SMILES string of the molecule is CC(C)(C)c1ccc(N(c2ccccc2-c2cccc3c2C(C)(c2cc(C(C)(C)C)cc(C(C)(C)C)c2)CC=C3)c2ccccc2-c2cccc3c2sc2ccccc23)cc1. The van der Waals surface area contributed by atoms with Crippen molar-refractivity contribution < 1.29 is 0 Å². The fraction of sp³-hybridized carbons (Fsp3) is 0.254. The van der Waals surface area contributed by atoms with Crippen LogP contribution >= 0.6 is 11.3 Å². The maximum absolute atomic E-state index is 2.52. The van der Waals surface area contributed by atoms with Crippen LogP contribution in [0.3, 0.4) is 0 Å². The van der Waals surface area contributed by atoms with Gasteiger partial charge in [0.15, 0.2) is 0 Å². The smallest absolute Gasteiger partial charge is 0.0540 e. The molecule has 0 fully saturated rings. The molecule has 0 radical (unpaired) electrons. The van der Waals surface area contributed by atoms with E-state index in [1.165, 1.54) is 75.8 Å². The van der Waals surface area contributed by atoms with Gasteiger partial charge in [0.05, 0.1) is 11.4 Å². The minimum Gasteiger partial charge on any atom is -0.309 e. The number of hydrogen-bond donors (Lipinski definition) is 0. The van der Waals surface area contributed by atoms with E-state index >= 15 is 0 Å². The molecule has 9 rings (SSSR count). The summed E-state index contributed by atoms with van der Waals surface area (Å²) in [6.45, 7) is 23.4. The van der Waals surface area contributed by atoms with Gasteiger partial charge >= 0.3 is 0 Å². The van der Waals surface area contributed by atoms with Gasteiger partial charge in [-0.3, -0.25) is 0 Å². The minimum absolute atomic E-state index is 0.0163. The molecule has 1 unspecified atom stereocenters. The number of rotatable bonds is 6. The van der Waals surface area contributed by atoms with Gasteiger partial charge in [0.1, 0.15) is 0 Å². The van der Waals surface area contributed by atoms with E-state index in [1.54, 1.807) is 0 Å². The third-order valence-corrected chi connectivity index (χ3v) is 14.3. The Morgan fingerprint density at radius 1 is 0.492 bits per heavy atom. The molecule has 1 aliphatic rings. The highest BCUT2D eigenvalue weighted by Crippen LogP contribution is 2.52. The lowest BCUT2D eigenvalue weighted by Gasteiger charge is -2.39. The number of hydrogen-bond acceptors (Lipinski definition) is 2. The van der Waals surface area contributed by atoms with Crippen LogP contribution in [0.25, 0.3) is 48.5 Å². The lowest BCUT2D eigenvalue weighted by Crippen LogP contribution is -2.29. The van der Waals surface area contributed by atoms with Crippen LogP contribution in [0, 0.1) is 0 Å². The standard InChI is InChI=1S/C59H59NS/c1-56(2,3)40-31-33-44(34-32-40)60(52-29-15-12-23-46(52)49-26-18-27-50-47-24-13-16-30-53(47)61-55(49)50)51-28-14-11-22-45(51)48-25-17-20-39-21-19-35-59(10,54(39)48)43-37-41(57(4,5)6)36-42(38-43)58(7,8)9/h11-34,36-38H,35H2,1-10H3. The monoisotopic (exact) mass is 813 g/mol. The summed E-state index contributed by atoms with van der Waals surface area (Å²) < 4.78 is 2.63. The number of para-hydroxylation sites is 2. The van der Waals surface area contributed by atoms with Crippen LogP contribution in [0.2, 0.25) is 0 Å². The Morgan fingerprint density at radius 3 is 1.66 bits per heavy atom. The number of benzene rings is 7. The number of anilines is 3. The Labute approximate surface area is 368 Å². The molecule has 306 valence electrons. The molecular weight excluding hydrogens is 755 g/mol. The number of thiophene rings is 1. The second kappa shape index (κ2) is 15.0. The highest BCUT2D eigenvalue weighted by molar-refractivity contribution is 7.26. The summed E-state index contributed by atoms with van der Waals surface area (Å²) in [4.78, 5) is 2.52. The maximum atomic E-state index is 2.52. The van der Waals surface area contributed by atoms with Gasteiger partial charge in [0.25, 0.3) is 0 Å². The first-order valence-corrected chi connectivity index (χ1v) is 22.8. The zero-order chi connectivity index (χ0) is 42.9. The van der Waals surface area contributed by atoms with Crippen molar-refractivity contribution in [1.29, 1.82) is 0 Å². The zero-order valence-electron chi connectivity index (χ0n) is 37.7. The molecule has 1 nitrogen and oxygen atoms in total. The van der Waals surface area contributed by atoms with Crippen LogP contribution in [0.5, 0.6) is 0 Å². The highest BCUT2D eigenvalue weighted by atomic mass is 32.1. The van der Waals surface area contributed by atoms with E-state index in [1.807, 2.05) is 11.3 Å². The predicted octanol–water partition coefficient (Wildman–Crippen LogP) is 17.5. The predicted molar refractivity (Wildman–Crippen MR) is 268 cm³/mol. The van der Waals surface area contributed by atoms with Crippen LogP contribution in [-0.4, -0.2) is 0 Å². The van der Waals surface area contributed by atoms with E-state index in [4.69, 9.17) is 0 Å². The van der Waals surface area contributed by atoms with Gasteiger partial charge in [0, 0.05) is 48.0 Å².